The fraction of sp³-hybridized carbons (Fsp3) is 0.200. The van der Waals surface area contributed by atoms with Crippen LogP contribution in [0.25, 0.3) is 0 Å². The Hall–Kier alpha value is -1.88. The van der Waals surface area contributed by atoms with E-state index in [1.165, 1.54) is 0 Å². The van der Waals surface area contributed by atoms with E-state index < -0.39 is 0 Å². The molecular formula is C15H16BrN3O. The number of aryl methyl sites for hydroxylation is 1. The molecule has 0 spiro atoms. The molecule has 0 aliphatic rings. The van der Waals surface area contributed by atoms with Gasteiger partial charge in [-0.15, -0.1) is 0 Å². The minimum atomic E-state index is -0.145. The third-order valence-corrected chi connectivity index (χ3v) is 3.28. The predicted octanol–water partition coefficient (Wildman–Crippen LogP) is 3.84. The van der Waals surface area contributed by atoms with Crippen LogP contribution in [0.3, 0.4) is 0 Å². The second-order valence-corrected chi connectivity index (χ2v) is 5.11. The molecular weight excluding hydrogens is 318 g/mol. The van der Waals surface area contributed by atoms with Gasteiger partial charge in [0.2, 0.25) is 0 Å². The molecule has 0 aliphatic carbocycles. The molecule has 0 saturated carbocycles. The molecule has 1 aromatic carbocycles. The molecule has 2 aromatic rings. The highest BCUT2D eigenvalue weighted by Gasteiger charge is 2.12. The Kier molecular flexibility index (Phi) is 4.74. The summed E-state index contributed by atoms with van der Waals surface area (Å²) in [6.45, 7) is 4.62. The maximum absolute atomic E-state index is 12.4. The van der Waals surface area contributed by atoms with E-state index in [1.54, 1.807) is 12.1 Å². The Morgan fingerprint density at radius 2 is 1.95 bits per heavy atom. The first-order valence-electron chi connectivity index (χ1n) is 6.39. The second kappa shape index (κ2) is 6.52. The molecule has 0 atom stereocenters. The summed E-state index contributed by atoms with van der Waals surface area (Å²) in [7, 11) is 0. The van der Waals surface area contributed by atoms with Gasteiger partial charge in [-0.3, -0.25) is 4.79 Å². The van der Waals surface area contributed by atoms with E-state index in [2.05, 4.69) is 31.5 Å². The monoisotopic (exact) mass is 333 g/mol. The molecule has 0 radical (unpaired) electrons. The number of rotatable bonds is 4. The van der Waals surface area contributed by atoms with Crippen molar-refractivity contribution in [3.63, 3.8) is 0 Å². The van der Waals surface area contributed by atoms with Crippen LogP contribution in [0.2, 0.25) is 0 Å². The number of hydrogen-bond donors (Lipinski definition) is 2. The number of halogens is 1. The number of aromatic nitrogens is 1. The van der Waals surface area contributed by atoms with Gasteiger partial charge in [0.15, 0.2) is 0 Å². The van der Waals surface area contributed by atoms with Crippen molar-refractivity contribution in [3.8, 4) is 0 Å². The van der Waals surface area contributed by atoms with Gasteiger partial charge in [-0.1, -0.05) is 12.1 Å². The van der Waals surface area contributed by atoms with Crippen LogP contribution in [0, 0.1) is 6.92 Å². The number of benzene rings is 1. The van der Waals surface area contributed by atoms with Gasteiger partial charge in [0, 0.05) is 12.2 Å². The van der Waals surface area contributed by atoms with Crippen LogP contribution in [0.5, 0.6) is 0 Å². The van der Waals surface area contributed by atoms with Crippen molar-refractivity contribution in [2.75, 3.05) is 17.2 Å². The summed E-state index contributed by atoms with van der Waals surface area (Å²) in [4.78, 5) is 16.6. The van der Waals surface area contributed by atoms with Gasteiger partial charge in [-0.25, -0.2) is 4.98 Å². The number of nitrogens with one attached hydrogen (secondary N) is 2. The lowest BCUT2D eigenvalue weighted by atomic mass is 10.1. The van der Waals surface area contributed by atoms with Crippen molar-refractivity contribution < 1.29 is 4.79 Å². The van der Waals surface area contributed by atoms with E-state index in [0.29, 0.717) is 11.3 Å². The molecule has 0 fully saturated rings. The van der Waals surface area contributed by atoms with Gasteiger partial charge in [0.05, 0.1) is 16.9 Å². The largest absolute Gasteiger partial charge is 0.385 e. The molecule has 1 heterocycles. The quantitative estimate of drug-likeness (QED) is 0.836. The molecule has 1 aromatic heterocycles. The number of amides is 1. The lowest BCUT2D eigenvalue weighted by Gasteiger charge is -2.12. The van der Waals surface area contributed by atoms with Crippen LogP contribution < -0.4 is 10.6 Å². The van der Waals surface area contributed by atoms with E-state index in [4.69, 9.17) is 0 Å². The molecule has 2 N–H and O–H groups in total. The molecule has 5 heteroatoms. The fourth-order valence-electron chi connectivity index (χ4n) is 1.88. The number of hydrogen-bond acceptors (Lipinski definition) is 3. The van der Waals surface area contributed by atoms with Crippen LogP contribution in [0.1, 0.15) is 23.0 Å². The minimum Gasteiger partial charge on any atom is -0.385 e. The number of pyridine rings is 1. The highest BCUT2D eigenvalue weighted by Crippen LogP contribution is 2.20. The standard InChI is InChI=1S/C15H16BrN3O/c1-3-17-13-7-5-4-6-11(13)15(20)19-12-8-9-14(16)18-10(12)2/h4-9,17H,3H2,1-2H3,(H,19,20). The summed E-state index contributed by atoms with van der Waals surface area (Å²) in [6, 6.07) is 11.1. The van der Waals surface area contributed by atoms with Gasteiger partial charge in [0.25, 0.3) is 5.91 Å². The van der Waals surface area contributed by atoms with E-state index in [0.717, 1.165) is 22.5 Å². The third-order valence-electron chi connectivity index (χ3n) is 2.84. The van der Waals surface area contributed by atoms with Crippen molar-refractivity contribution in [1.82, 2.24) is 4.98 Å². The molecule has 1 amide bonds. The summed E-state index contributed by atoms with van der Waals surface area (Å²) < 4.78 is 0.751. The molecule has 0 aliphatic heterocycles. The zero-order chi connectivity index (χ0) is 14.5. The van der Waals surface area contributed by atoms with Crippen LogP contribution in [-0.2, 0) is 0 Å². The number of carbonyl (C=O) groups is 1. The Bertz CT molecular complexity index is 628. The van der Waals surface area contributed by atoms with Crippen molar-refractivity contribution in [1.29, 1.82) is 0 Å². The normalized spacial score (nSPS) is 10.2. The zero-order valence-corrected chi connectivity index (χ0v) is 13.0. The van der Waals surface area contributed by atoms with Crippen molar-refractivity contribution >= 4 is 33.2 Å². The molecule has 0 saturated heterocycles. The van der Waals surface area contributed by atoms with E-state index in [1.807, 2.05) is 38.1 Å². The van der Waals surface area contributed by atoms with Gasteiger partial charge >= 0.3 is 0 Å². The van der Waals surface area contributed by atoms with E-state index >= 15 is 0 Å². The number of anilines is 2. The topological polar surface area (TPSA) is 54.0 Å². The van der Waals surface area contributed by atoms with Gasteiger partial charge in [0.1, 0.15) is 4.60 Å². The maximum atomic E-state index is 12.4. The number of nitrogens with zero attached hydrogens (tertiary/aromatic N) is 1. The molecule has 104 valence electrons. The summed E-state index contributed by atoms with van der Waals surface area (Å²) in [5, 5.41) is 6.07. The molecule has 0 bridgehead atoms. The summed E-state index contributed by atoms with van der Waals surface area (Å²) >= 11 is 3.31. The lowest BCUT2D eigenvalue weighted by molar-refractivity contribution is 0.102. The minimum absolute atomic E-state index is 0.145. The van der Waals surface area contributed by atoms with Crippen LogP contribution >= 0.6 is 15.9 Å². The zero-order valence-electron chi connectivity index (χ0n) is 11.4. The second-order valence-electron chi connectivity index (χ2n) is 4.30. The lowest BCUT2D eigenvalue weighted by Crippen LogP contribution is -2.15. The summed E-state index contributed by atoms with van der Waals surface area (Å²) in [5.74, 6) is -0.145. The average molecular weight is 334 g/mol. The van der Waals surface area contributed by atoms with Gasteiger partial charge < -0.3 is 10.6 Å². The van der Waals surface area contributed by atoms with Gasteiger partial charge in [-0.2, -0.15) is 0 Å². The van der Waals surface area contributed by atoms with E-state index in [-0.39, 0.29) is 5.91 Å². The Morgan fingerprint density at radius 3 is 2.65 bits per heavy atom. The Balaban J connectivity index is 2.24. The first-order chi connectivity index (χ1) is 9.61. The van der Waals surface area contributed by atoms with Crippen LogP contribution in [0.4, 0.5) is 11.4 Å². The first kappa shape index (κ1) is 14.5. The molecule has 4 nitrogen and oxygen atoms in total. The molecule has 0 unspecified atom stereocenters. The maximum Gasteiger partial charge on any atom is 0.257 e. The highest BCUT2D eigenvalue weighted by molar-refractivity contribution is 9.10. The highest BCUT2D eigenvalue weighted by atomic mass is 79.9. The molecule has 20 heavy (non-hydrogen) atoms. The average Bonchev–Trinajstić information content (AvgIpc) is 2.43. The van der Waals surface area contributed by atoms with E-state index in [9.17, 15) is 4.79 Å². The fourth-order valence-corrected chi connectivity index (χ4v) is 2.28. The number of para-hydroxylation sites is 1. The Labute approximate surface area is 126 Å². The van der Waals surface area contributed by atoms with Crippen LogP contribution in [0.15, 0.2) is 41.0 Å². The number of carbonyl (C=O) groups excluding carboxylic acids is 1. The SMILES string of the molecule is CCNc1ccccc1C(=O)Nc1ccc(Br)nc1C. The summed E-state index contributed by atoms with van der Waals surface area (Å²) in [5.41, 5.74) is 2.94. The Morgan fingerprint density at radius 1 is 1.20 bits per heavy atom. The summed E-state index contributed by atoms with van der Waals surface area (Å²) in [6.07, 6.45) is 0. The van der Waals surface area contributed by atoms with Gasteiger partial charge in [-0.05, 0) is 54.0 Å². The molecule has 2 rings (SSSR count). The third kappa shape index (κ3) is 3.36. The van der Waals surface area contributed by atoms with Crippen molar-refractivity contribution in [2.45, 2.75) is 13.8 Å². The predicted molar refractivity (Wildman–Crippen MR) is 85.2 cm³/mol. The first-order valence-corrected chi connectivity index (χ1v) is 7.18. The smallest absolute Gasteiger partial charge is 0.257 e. The van der Waals surface area contributed by atoms with Crippen LogP contribution in [-0.4, -0.2) is 17.4 Å². The van der Waals surface area contributed by atoms with Crippen molar-refractivity contribution in [2.24, 2.45) is 0 Å². The van der Waals surface area contributed by atoms with Crippen molar-refractivity contribution in [3.05, 3.63) is 52.3 Å².